The van der Waals surface area contributed by atoms with E-state index < -0.39 is 0 Å². The van der Waals surface area contributed by atoms with Gasteiger partial charge in [0.25, 0.3) is 0 Å². The summed E-state index contributed by atoms with van der Waals surface area (Å²) in [5.41, 5.74) is 4.26. The number of nitrogens with one attached hydrogen (secondary N) is 1. The van der Waals surface area contributed by atoms with E-state index in [1.54, 1.807) is 0 Å². The highest BCUT2D eigenvalue weighted by atomic mass is 16.5. The van der Waals surface area contributed by atoms with E-state index in [4.69, 9.17) is 9.26 Å². The van der Waals surface area contributed by atoms with E-state index in [2.05, 4.69) is 53.6 Å². The molecule has 1 atom stereocenters. The van der Waals surface area contributed by atoms with Crippen molar-refractivity contribution in [2.45, 2.75) is 45.8 Å². The highest BCUT2D eigenvalue weighted by Crippen LogP contribution is 2.31. The summed E-state index contributed by atoms with van der Waals surface area (Å²) in [5.74, 6) is 2.24. The average Bonchev–Trinajstić information content (AvgIpc) is 3.19. The van der Waals surface area contributed by atoms with Crippen molar-refractivity contribution in [3.05, 3.63) is 65.0 Å². The lowest BCUT2D eigenvalue weighted by molar-refractivity contribution is 0.297. The number of hydrogen-bond acceptors (Lipinski definition) is 5. The first-order chi connectivity index (χ1) is 13.2. The lowest BCUT2D eigenvalue weighted by Gasteiger charge is -2.19. The Balaban J connectivity index is 1.52. The molecule has 4 rings (SSSR count). The molecular weight excluding hydrogens is 338 g/mol. The molecule has 5 heteroatoms. The Morgan fingerprint density at radius 2 is 1.89 bits per heavy atom. The number of piperidine rings is 1. The summed E-state index contributed by atoms with van der Waals surface area (Å²) < 4.78 is 11.6. The van der Waals surface area contributed by atoms with Gasteiger partial charge in [-0.2, -0.15) is 4.98 Å². The van der Waals surface area contributed by atoms with Gasteiger partial charge in [0.15, 0.2) is 0 Å². The van der Waals surface area contributed by atoms with E-state index in [0.29, 0.717) is 18.3 Å². The summed E-state index contributed by atoms with van der Waals surface area (Å²) in [5, 5.41) is 7.65. The van der Waals surface area contributed by atoms with Crippen LogP contribution >= 0.6 is 0 Å². The molecule has 0 aliphatic carbocycles. The molecule has 140 valence electrons. The van der Waals surface area contributed by atoms with Crippen LogP contribution in [0.3, 0.4) is 0 Å². The Labute approximate surface area is 159 Å². The van der Waals surface area contributed by atoms with Gasteiger partial charge in [-0.05, 0) is 62.1 Å². The lowest BCUT2D eigenvalue weighted by atomic mass is 10.0. The number of nitrogens with zero attached hydrogens (tertiary/aromatic N) is 2. The Hall–Kier alpha value is -2.66. The Bertz CT molecular complexity index is 876. The van der Waals surface area contributed by atoms with Gasteiger partial charge in [-0.3, -0.25) is 0 Å². The number of rotatable bonds is 5. The van der Waals surface area contributed by atoms with Gasteiger partial charge in [-0.1, -0.05) is 41.9 Å². The van der Waals surface area contributed by atoms with Crippen LogP contribution in [0.25, 0.3) is 11.4 Å². The normalized spacial score (nSPS) is 17.0. The first kappa shape index (κ1) is 17.7. The third-order valence-corrected chi connectivity index (χ3v) is 4.99. The van der Waals surface area contributed by atoms with Crippen molar-refractivity contribution in [1.82, 2.24) is 15.5 Å². The van der Waals surface area contributed by atoms with Gasteiger partial charge in [0.2, 0.25) is 11.7 Å². The Kier molecular flexibility index (Phi) is 5.21. The number of hydrogen-bond donors (Lipinski definition) is 1. The maximum atomic E-state index is 6.07. The predicted octanol–water partition coefficient (Wildman–Crippen LogP) is 4.75. The molecular formula is C22H25N3O2. The molecule has 0 unspecified atom stereocenters. The first-order valence-corrected chi connectivity index (χ1v) is 9.56. The van der Waals surface area contributed by atoms with Crippen LogP contribution in [-0.4, -0.2) is 16.7 Å². The highest BCUT2D eigenvalue weighted by molar-refractivity contribution is 5.61. The zero-order valence-corrected chi connectivity index (χ0v) is 15.9. The summed E-state index contributed by atoms with van der Waals surface area (Å²) in [6.45, 7) is 5.68. The Morgan fingerprint density at radius 3 is 2.59 bits per heavy atom. The van der Waals surface area contributed by atoms with Crippen molar-refractivity contribution >= 4 is 0 Å². The van der Waals surface area contributed by atoms with E-state index >= 15 is 0 Å². The van der Waals surface area contributed by atoms with E-state index in [9.17, 15) is 0 Å². The molecule has 0 spiro atoms. The van der Waals surface area contributed by atoms with Crippen LogP contribution in [0.1, 0.15) is 47.9 Å². The van der Waals surface area contributed by atoms with E-state index in [-0.39, 0.29) is 6.04 Å². The fraction of sp³-hybridized carbons (Fsp3) is 0.364. The molecule has 0 saturated carbocycles. The quantitative estimate of drug-likeness (QED) is 0.709. The molecule has 1 fully saturated rings. The third kappa shape index (κ3) is 4.03. The molecule has 2 heterocycles. The maximum absolute atomic E-state index is 6.07. The zero-order valence-electron chi connectivity index (χ0n) is 15.9. The van der Waals surface area contributed by atoms with Crippen molar-refractivity contribution in [2.24, 2.45) is 0 Å². The smallest absolute Gasteiger partial charge is 0.244 e. The van der Waals surface area contributed by atoms with Gasteiger partial charge in [0, 0.05) is 5.56 Å². The van der Waals surface area contributed by atoms with Crippen molar-refractivity contribution in [2.75, 3.05) is 6.54 Å². The molecule has 0 radical (unpaired) electrons. The zero-order chi connectivity index (χ0) is 18.6. The monoisotopic (exact) mass is 363 g/mol. The van der Waals surface area contributed by atoms with Crippen LogP contribution in [0.4, 0.5) is 0 Å². The van der Waals surface area contributed by atoms with E-state index in [0.717, 1.165) is 41.0 Å². The molecule has 1 aromatic heterocycles. The molecule has 27 heavy (non-hydrogen) atoms. The SMILES string of the molecule is Cc1cc(-c2noc([C@@H]3CCCCN3)n2)cc(C)c1OCc1ccccc1. The fourth-order valence-corrected chi connectivity index (χ4v) is 3.59. The molecule has 2 aromatic carbocycles. The van der Waals surface area contributed by atoms with Crippen molar-refractivity contribution in [1.29, 1.82) is 0 Å². The Morgan fingerprint density at radius 1 is 1.11 bits per heavy atom. The van der Waals surface area contributed by atoms with Crippen molar-refractivity contribution < 1.29 is 9.26 Å². The van der Waals surface area contributed by atoms with E-state index in [1.165, 1.54) is 12.8 Å². The average molecular weight is 363 g/mol. The van der Waals surface area contributed by atoms with Crippen LogP contribution in [0, 0.1) is 13.8 Å². The van der Waals surface area contributed by atoms with Gasteiger partial charge in [0.1, 0.15) is 12.4 Å². The second-order valence-electron chi connectivity index (χ2n) is 7.17. The molecule has 1 aliphatic rings. The van der Waals surface area contributed by atoms with Gasteiger partial charge >= 0.3 is 0 Å². The maximum Gasteiger partial charge on any atom is 0.244 e. The molecule has 5 nitrogen and oxygen atoms in total. The molecule has 0 amide bonds. The molecule has 1 aliphatic heterocycles. The standard InChI is InChI=1S/C22H25N3O2/c1-15-12-18(21-24-22(27-25-21)19-10-6-7-11-23-19)13-16(2)20(15)26-14-17-8-4-3-5-9-17/h3-5,8-9,12-13,19,23H,6-7,10-11,14H2,1-2H3/t19-/m0/s1. The van der Waals surface area contributed by atoms with Gasteiger partial charge in [-0.25, -0.2) is 0 Å². The summed E-state index contributed by atoms with van der Waals surface area (Å²) in [7, 11) is 0. The summed E-state index contributed by atoms with van der Waals surface area (Å²) in [6.07, 6.45) is 3.45. The number of ether oxygens (including phenoxy) is 1. The van der Waals surface area contributed by atoms with Crippen LogP contribution in [0.15, 0.2) is 47.0 Å². The topological polar surface area (TPSA) is 60.2 Å². The van der Waals surface area contributed by atoms with Gasteiger partial charge in [-0.15, -0.1) is 0 Å². The fourth-order valence-electron chi connectivity index (χ4n) is 3.59. The number of aryl methyl sites for hydroxylation is 2. The van der Waals surface area contributed by atoms with Crippen LogP contribution < -0.4 is 10.1 Å². The second kappa shape index (κ2) is 7.92. The summed E-state index contributed by atoms with van der Waals surface area (Å²) in [6, 6.07) is 14.5. The molecule has 1 saturated heterocycles. The minimum atomic E-state index is 0.177. The van der Waals surface area contributed by atoms with Crippen LogP contribution in [0.5, 0.6) is 5.75 Å². The number of aromatic nitrogens is 2. The first-order valence-electron chi connectivity index (χ1n) is 9.56. The summed E-state index contributed by atoms with van der Waals surface area (Å²) >= 11 is 0. The van der Waals surface area contributed by atoms with E-state index in [1.807, 2.05) is 18.2 Å². The lowest BCUT2D eigenvalue weighted by Crippen LogP contribution is -2.26. The summed E-state index contributed by atoms with van der Waals surface area (Å²) in [4.78, 5) is 4.63. The van der Waals surface area contributed by atoms with Gasteiger partial charge in [0.05, 0.1) is 6.04 Å². The minimum Gasteiger partial charge on any atom is -0.488 e. The second-order valence-corrected chi connectivity index (χ2v) is 7.17. The highest BCUT2D eigenvalue weighted by Gasteiger charge is 2.22. The minimum absolute atomic E-state index is 0.177. The van der Waals surface area contributed by atoms with Crippen molar-refractivity contribution in [3.8, 4) is 17.1 Å². The van der Waals surface area contributed by atoms with Crippen molar-refractivity contribution in [3.63, 3.8) is 0 Å². The third-order valence-electron chi connectivity index (χ3n) is 4.99. The largest absolute Gasteiger partial charge is 0.488 e. The van der Waals surface area contributed by atoms with Crippen LogP contribution in [-0.2, 0) is 6.61 Å². The predicted molar refractivity (Wildman–Crippen MR) is 105 cm³/mol. The van der Waals surface area contributed by atoms with Gasteiger partial charge < -0.3 is 14.6 Å². The number of benzene rings is 2. The molecule has 0 bridgehead atoms. The molecule has 1 N–H and O–H groups in total. The van der Waals surface area contributed by atoms with Crippen LogP contribution in [0.2, 0.25) is 0 Å². The molecule has 3 aromatic rings.